The third kappa shape index (κ3) is 3.35. The number of sulfonamides is 1. The van der Waals surface area contributed by atoms with Gasteiger partial charge in [0.1, 0.15) is 10.6 Å². The summed E-state index contributed by atoms with van der Waals surface area (Å²) in [5, 5.41) is 15.0. The number of anilines is 1. The number of hydrogen-bond donors (Lipinski definition) is 1. The van der Waals surface area contributed by atoms with Crippen LogP contribution in [-0.4, -0.2) is 30.2 Å². The van der Waals surface area contributed by atoms with Crippen molar-refractivity contribution in [3.8, 4) is 11.4 Å². The van der Waals surface area contributed by atoms with Crippen molar-refractivity contribution < 1.29 is 18.1 Å². The zero-order valence-corrected chi connectivity index (χ0v) is 14.4. The van der Waals surface area contributed by atoms with E-state index in [1.165, 1.54) is 11.8 Å². The highest BCUT2D eigenvalue weighted by Gasteiger charge is 2.23. The molecular weight excluding hydrogens is 360 g/mol. The minimum absolute atomic E-state index is 0.122. The van der Waals surface area contributed by atoms with Gasteiger partial charge in [-0.3, -0.25) is 14.8 Å². The number of aromatic nitrogens is 2. The maximum atomic E-state index is 12.8. The largest absolute Gasteiger partial charge is 0.495 e. The van der Waals surface area contributed by atoms with E-state index in [1.54, 1.807) is 42.7 Å². The lowest BCUT2D eigenvalue weighted by Gasteiger charge is -2.14. The van der Waals surface area contributed by atoms with Crippen molar-refractivity contribution in [2.75, 3.05) is 11.8 Å². The van der Waals surface area contributed by atoms with Gasteiger partial charge in [-0.1, -0.05) is 12.1 Å². The van der Waals surface area contributed by atoms with E-state index in [0.29, 0.717) is 11.4 Å². The summed E-state index contributed by atoms with van der Waals surface area (Å²) < 4.78 is 34.6. The quantitative estimate of drug-likeness (QED) is 0.524. The molecule has 0 bridgehead atoms. The summed E-state index contributed by atoms with van der Waals surface area (Å²) in [6.45, 7) is 0. The van der Waals surface area contributed by atoms with Crippen molar-refractivity contribution in [1.82, 2.24) is 9.78 Å². The lowest BCUT2D eigenvalue weighted by molar-refractivity contribution is -0.385. The van der Waals surface area contributed by atoms with Crippen LogP contribution in [0.25, 0.3) is 5.69 Å². The minimum Gasteiger partial charge on any atom is -0.495 e. The maximum Gasteiger partial charge on any atom is 0.273 e. The standard InChI is InChI=1S/C16H14N4O5S/c1-25-15-11-12(20(21)22)7-8-16(15)26(23,24)18-13-5-2-3-6-14(13)19-10-4-9-17-19/h2-11,18H,1H3. The summed E-state index contributed by atoms with van der Waals surface area (Å²) >= 11 is 0. The van der Waals surface area contributed by atoms with Gasteiger partial charge in [0, 0.05) is 18.5 Å². The second-order valence-electron chi connectivity index (χ2n) is 5.17. The molecule has 3 aromatic rings. The number of nitrogens with one attached hydrogen (secondary N) is 1. The van der Waals surface area contributed by atoms with Crippen LogP contribution in [0, 0.1) is 10.1 Å². The van der Waals surface area contributed by atoms with Gasteiger partial charge in [-0.2, -0.15) is 5.10 Å². The van der Waals surface area contributed by atoms with Crippen LogP contribution in [0.1, 0.15) is 0 Å². The topological polar surface area (TPSA) is 116 Å². The molecule has 26 heavy (non-hydrogen) atoms. The van der Waals surface area contributed by atoms with E-state index < -0.39 is 14.9 Å². The highest BCUT2D eigenvalue weighted by molar-refractivity contribution is 7.92. The van der Waals surface area contributed by atoms with Crippen LogP contribution < -0.4 is 9.46 Å². The monoisotopic (exact) mass is 374 g/mol. The number of nitrogens with zero attached hydrogens (tertiary/aromatic N) is 3. The number of ether oxygens (including phenoxy) is 1. The normalized spacial score (nSPS) is 11.1. The Hall–Kier alpha value is -3.40. The number of rotatable bonds is 6. The summed E-state index contributed by atoms with van der Waals surface area (Å²) in [7, 11) is -2.81. The summed E-state index contributed by atoms with van der Waals surface area (Å²) in [4.78, 5) is 10.0. The van der Waals surface area contributed by atoms with E-state index >= 15 is 0 Å². The summed E-state index contributed by atoms with van der Waals surface area (Å²) in [5.74, 6) is -0.122. The van der Waals surface area contributed by atoms with Gasteiger partial charge in [0.25, 0.3) is 15.7 Å². The molecule has 0 aliphatic carbocycles. The first-order valence-electron chi connectivity index (χ1n) is 7.36. The van der Waals surface area contributed by atoms with Crippen LogP contribution in [-0.2, 0) is 10.0 Å². The Bertz CT molecular complexity index is 1050. The Kier molecular flexibility index (Phi) is 4.59. The number of benzene rings is 2. The number of non-ortho nitro benzene ring substituents is 1. The zero-order valence-electron chi connectivity index (χ0n) is 13.6. The number of para-hydroxylation sites is 2. The van der Waals surface area contributed by atoms with Crippen molar-refractivity contribution >= 4 is 21.4 Å². The summed E-state index contributed by atoms with van der Waals surface area (Å²) in [6, 6.07) is 11.7. The molecule has 9 nitrogen and oxygen atoms in total. The van der Waals surface area contributed by atoms with Crippen LogP contribution in [0.3, 0.4) is 0 Å². The van der Waals surface area contributed by atoms with Gasteiger partial charge in [-0.25, -0.2) is 13.1 Å². The second-order valence-corrected chi connectivity index (χ2v) is 6.82. The molecule has 1 aromatic heterocycles. The molecule has 0 amide bonds. The smallest absolute Gasteiger partial charge is 0.273 e. The Morgan fingerprint density at radius 3 is 2.62 bits per heavy atom. The van der Waals surface area contributed by atoms with Gasteiger partial charge in [-0.05, 0) is 24.3 Å². The first-order chi connectivity index (χ1) is 12.4. The van der Waals surface area contributed by atoms with Crippen LogP contribution in [0.4, 0.5) is 11.4 Å². The number of nitro benzene ring substituents is 1. The van der Waals surface area contributed by atoms with Crippen molar-refractivity contribution in [3.63, 3.8) is 0 Å². The van der Waals surface area contributed by atoms with Crippen LogP contribution in [0.2, 0.25) is 0 Å². The lowest BCUT2D eigenvalue weighted by atomic mass is 10.3. The summed E-state index contributed by atoms with van der Waals surface area (Å²) in [6.07, 6.45) is 3.25. The third-order valence-corrected chi connectivity index (χ3v) is 4.95. The molecule has 0 unspecified atom stereocenters. The van der Waals surface area contributed by atoms with Gasteiger partial charge in [0.05, 0.1) is 29.5 Å². The molecule has 0 aliphatic heterocycles. The Balaban J connectivity index is 2.02. The van der Waals surface area contributed by atoms with Gasteiger partial charge in [-0.15, -0.1) is 0 Å². The Morgan fingerprint density at radius 1 is 1.19 bits per heavy atom. The molecule has 1 heterocycles. The first-order valence-corrected chi connectivity index (χ1v) is 8.85. The first kappa shape index (κ1) is 17.4. The molecule has 2 aromatic carbocycles. The summed E-state index contributed by atoms with van der Waals surface area (Å²) in [5.41, 5.74) is 0.566. The molecule has 0 atom stereocenters. The van der Waals surface area contributed by atoms with Crippen molar-refractivity contribution in [2.24, 2.45) is 0 Å². The van der Waals surface area contributed by atoms with Crippen LogP contribution in [0.5, 0.6) is 5.75 Å². The Labute approximate surface area is 149 Å². The van der Waals surface area contributed by atoms with Crippen molar-refractivity contribution in [3.05, 3.63) is 71.0 Å². The van der Waals surface area contributed by atoms with E-state index in [2.05, 4.69) is 9.82 Å². The highest BCUT2D eigenvalue weighted by Crippen LogP contribution is 2.31. The van der Waals surface area contributed by atoms with Crippen molar-refractivity contribution in [1.29, 1.82) is 0 Å². The Morgan fingerprint density at radius 2 is 1.96 bits per heavy atom. The van der Waals surface area contributed by atoms with Crippen LogP contribution >= 0.6 is 0 Å². The SMILES string of the molecule is COc1cc([N+](=O)[O-])ccc1S(=O)(=O)Nc1ccccc1-n1cccn1. The molecule has 0 radical (unpaired) electrons. The van der Waals surface area contributed by atoms with Gasteiger partial charge < -0.3 is 4.74 Å². The number of hydrogen-bond acceptors (Lipinski definition) is 6. The van der Waals surface area contributed by atoms with E-state index in [4.69, 9.17) is 4.74 Å². The average Bonchev–Trinajstić information content (AvgIpc) is 3.15. The average molecular weight is 374 g/mol. The fraction of sp³-hybridized carbons (Fsp3) is 0.0625. The molecule has 1 N–H and O–H groups in total. The lowest BCUT2D eigenvalue weighted by Crippen LogP contribution is -2.16. The minimum atomic E-state index is -4.05. The third-order valence-electron chi connectivity index (χ3n) is 3.55. The maximum absolute atomic E-state index is 12.8. The fourth-order valence-corrected chi connectivity index (χ4v) is 3.59. The second kappa shape index (κ2) is 6.84. The molecule has 0 aliphatic rings. The van der Waals surface area contributed by atoms with E-state index in [-0.39, 0.29) is 16.3 Å². The molecule has 0 fully saturated rings. The molecule has 0 saturated carbocycles. The van der Waals surface area contributed by atoms with Gasteiger partial charge in [0.2, 0.25) is 0 Å². The molecule has 10 heteroatoms. The predicted molar refractivity (Wildman–Crippen MR) is 94.0 cm³/mol. The highest BCUT2D eigenvalue weighted by atomic mass is 32.2. The number of methoxy groups -OCH3 is 1. The molecular formula is C16H14N4O5S. The van der Waals surface area contributed by atoms with E-state index in [0.717, 1.165) is 18.2 Å². The number of nitro groups is 1. The van der Waals surface area contributed by atoms with Crippen molar-refractivity contribution in [2.45, 2.75) is 4.90 Å². The zero-order chi connectivity index (χ0) is 18.7. The van der Waals surface area contributed by atoms with Crippen LogP contribution in [0.15, 0.2) is 65.8 Å². The predicted octanol–water partition coefficient (Wildman–Crippen LogP) is 2.59. The van der Waals surface area contributed by atoms with E-state index in [9.17, 15) is 18.5 Å². The molecule has 0 spiro atoms. The molecule has 3 rings (SSSR count). The van der Waals surface area contributed by atoms with E-state index in [1.807, 2.05) is 0 Å². The molecule has 0 saturated heterocycles. The van der Waals surface area contributed by atoms with Gasteiger partial charge >= 0.3 is 0 Å². The van der Waals surface area contributed by atoms with Gasteiger partial charge in [0.15, 0.2) is 0 Å². The molecule has 134 valence electrons. The fourth-order valence-electron chi connectivity index (χ4n) is 2.36.